The van der Waals surface area contributed by atoms with Crippen LogP contribution < -0.4 is 4.90 Å². The van der Waals surface area contributed by atoms with Crippen LogP contribution >= 0.6 is 11.6 Å². The first-order valence-electron chi connectivity index (χ1n) is 7.50. The van der Waals surface area contributed by atoms with Crippen molar-refractivity contribution in [3.63, 3.8) is 0 Å². The average molecular weight is 342 g/mol. The molecule has 1 heterocycles. The van der Waals surface area contributed by atoms with E-state index in [1.807, 2.05) is 19.1 Å². The van der Waals surface area contributed by atoms with Crippen molar-refractivity contribution in [1.82, 2.24) is 0 Å². The quantitative estimate of drug-likeness (QED) is 0.912. The Hall–Kier alpha value is -2.59. The maximum atomic E-state index is 12.6. The van der Waals surface area contributed by atoms with Crippen molar-refractivity contribution < 1.29 is 14.7 Å². The van der Waals surface area contributed by atoms with Crippen LogP contribution in [0.3, 0.4) is 0 Å². The topological polar surface area (TPSA) is 57.6 Å². The first kappa shape index (κ1) is 16.3. The van der Waals surface area contributed by atoms with Crippen molar-refractivity contribution in [2.45, 2.75) is 19.9 Å². The maximum Gasteiger partial charge on any atom is 0.294 e. The van der Waals surface area contributed by atoms with Crippen molar-refractivity contribution in [2.24, 2.45) is 0 Å². The summed E-state index contributed by atoms with van der Waals surface area (Å²) in [4.78, 5) is 26.1. The van der Waals surface area contributed by atoms with E-state index in [0.29, 0.717) is 16.3 Å². The number of aliphatic hydroxyl groups excluding tert-OH is 1. The Balaban J connectivity index is 2.16. The summed E-state index contributed by atoms with van der Waals surface area (Å²) >= 11 is 5.94. The molecule has 2 aromatic carbocycles. The molecule has 3 rings (SSSR count). The molecule has 0 aliphatic carbocycles. The van der Waals surface area contributed by atoms with Crippen molar-refractivity contribution in [3.05, 3.63) is 76.0 Å². The first-order chi connectivity index (χ1) is 11.4. The number of ketones is 1. The second-order valence-corrected chi connectivity index (χ2v) is 6.22. The van der Waals surface area contributed by atoms with Gasteiger partial charge < -0.3 is 5.11 Å². The monoisotopic (exact) mass is 341 g/mol. The highest BCUT2D eigenvalue weighted by Gasteiger charge is 2.43. The van der Waals surface area contributed by atoms with Gasteiger partial charge in [0.05, 0.1) is 11.6 Å². The molecule has 0 bridgehead atoms. The molecule has 0 spiro atoms. The summed E-state index contributed by atoms with van der Waals surface area (Å²) in [5.74, 6) is -1.41. The molecule has 1 N–H and O–H groups in total. The van der Waals surface area contributed by atoms with Crippen LogP contribution in [0.5, 0.6) is 0 Å². The molecule has 1 atom stereocenters. The predicted molar refractivity (Wildman–Crippen MR) is 93.2 cm³/mol. The van der Waals surface area contributed by atoms with Crippen molar-refractivity contribution in [2.75, 3.05) is 4.90 Å². The fourth-order valence-corrected chi connectivity index (χ4v) is 3.02. The Morgan fingerprint density at radius 2 is 1.67 bits per heavy atom. The fourth-order valence-electron chi connectivity index (χ4n) is 2.90. The van der Waals surface area contributed by atoms with Crippen LogP contribution in [0.15, 0.2) is 59.9 Å². The van der Waals surface area contributed by atoms with E-state index in [9.17, 15) is 14.7 Å². The van der Waals surface area contributed by atoms with Crippen molar-refractivity contribution in [1.29, 1.82) is 0 Å². The van der Waals surface area contributed by atoms with Crippen molar-refractivity contribution >= 4 is 29.0 Å². The van der Waals surface area contributed by atoms with E-state index in [-0.39, 0.29) is 11.4 Å². The van der Waals surface area contributed by atoms with Gasteiger partial charge in [0, 0.05) is 10.7 Å². The lowest BCUT2D eigenvalue weighted by atomic mass is 9.96. The van der Waals surface area contributed by atoms with Crippen LogP contribution in [0, 0.1) is 6.92 Å². The summed E-state index contributed by atoms with van der Waals surface area (Å²) in [6, 6.07) is 13.6. The van der Waals surface area contributed by atoms with Gasteiger partial charge in [-0.05, 0) is 43.7 Å². The number of anilines is 1. The molecule has 2 aromatic rings. The predicted octanol–water partition coefficient (Wildman–Crippen LogP) is 4.14. The third kappa shape index (κ3) is 2.69. The van der Waals surface area contributed by atoms with Gasteiger partial charge in [-0.1, -0.05) is 41.4 Å². The van der Waals surface area contributed by atoms with Crippen LogP contribution in [0.25, 0.3) is 0 Å². The van der Waals surface area contributed by atoms with E-state index in [2.05, 4.69) is 0 Å². The minimum atomic E-state index is -0.671. The van der Waals surface area contributed by atoms with Crippen LogP contribution in [-0.4, -0.2) is 16.8 Å². The Morgan fingerprint density at radius 3 is 2.21 bits per heavy atom. The van der Waals surface area contributed by atoms with E-state index < -0.39 is 17.7 Å². The number of hydrogen-bond donors (Lipinski definition) is 1. The first-order valence-corrected chi connectivity index (χ1v) is 7.87. The van der Waals surface area contributed by atoms with Gasteiger partial charge in [0.25, 0.3) is 5.91 Å². The van der Waals surface area contributed by atoms with Gasteiger partial charge in [-0.15, -0.1) is 0 Å². The third-order valence-corrected chi connectivity index (χ3v) is 4.34. The van der Waals surface area contributed by atoms with Gasteiger partial charge in [-0.2, -0.15) is 0 Å². The van der Waals surface area contributed by atoms with Crippen molar-refractivity contribution in [3.8, 4) is 0 Å². The highest BCUT2D eigenvalue weighted by molar-refractivity contribution is 6.30. The zero-order chi connectivity index (χ0) is 17.4. The minimum absolute atomic E-state index is 0.0999. The highest BCUT2D eigenvalue weighted by atomic mass is 35.5. The standard InChI is InChI=1S/C19H16ClNO3/c1-11-3-9-15(10-4-11)21-17(13-5-7-14(20)8-6-13)16(12(2)22)18(23)19(21)24/h3-10,17,23H,1-2H3/t17-/m0/s1. The third-order valence-electron chi connectivity index (χ3n) is 4.09. The number of amides is 1. The van der Waals surface area contributed by atoms with E-state index in [0.717, 1.165) is 5.56 Å². The number of rotatable bonds is 3. The number of nitrogens with zero attached hydrogens (tertiary/aromatic N) is 1. The molecule has 5 heteroatoms. The summed E-state index contributed by atoms with van der Waals surface area (Å²) in [6.45, 7) is 3.30. The number of Topliss-reactive ketones (excluding diaryl/α,β-unsaturated/α-hetero) is 1. The molecule has 0 unspecified atom stereocenters. The molecule has 0 fully saturated rings. The van der Waals surface area contributed by atoms with Gasteiger partial charge >= 0.3 is 0 Å². The zero-order valence-electron chi connectivity index (χ0n) is 13.3. The molecular weight excluding hydrogens is 326 g/mol. The zero-order valence-corrected chi connectivity index (χ0v) is 14.0. The number of carbonyl (C=O) groups excluding carboxylic acids is 2. The second-order valence-electron chi connectivity index (χ2n) is 5.78. The highest BCUT2D eigenvalue weighted by Crippen LogP contribution is 2.41. The number of halogens is 1. The lowest BCUT2D eigenvalue weighted by molar-refractivity contribution is -0.117. The average Bonchev–Trinajstić information content (AvgIpc) is 2.81. The SMILES string of the molecule is CC(=O)C1=C(O)C(=O)N(c2ccc(C)cc2)[C@H]1c1ccc(Cl)cc1. The summed E-state index contributed by atoms with van der Waals surface area (Å²) in [7, 11) is 0. The van der Waals surface area contributed by atoms with E-state index in [1.165, 1.54) is 11.8 Å². The summed E-state index contributed by atoms with van der Waals surface area (Å²) in [6.07, 6.45) is 0. The number of carbonyl (C=O) groups is 2. The van der Waals surface area contributed by atoms with Gasteiger partial charge in [0.1, 0.15) is 0 Å². The summed E-state index contributed by atoms with van der Waals surface area (Å²) in [5, 5.41) is 10.8. The number of aliphatic hydroxyl groups is 1. The molecule has 0 saturated heterocycles. The lowest BCUT2D eigenvalue weighted by Crippen LogP contribution is -2.30. The second kappa shape index (κ2) is 6.13. The lowest BCUT2D eigenvalue weighted by Gasteiger charge is -2.26. The Bertz CT molecular complexity index is 838. The van der Waals surface area contributed by atoms with Crippen LogP contribution in [0.4, 0.5) is 5.69 Å². The Kier molecular flexibility index (Phi) is 4.16. The minimum Gasteiger partial charge on any atom is -0.503 e. The number of benzene rings is 2. The Morgan fingerprint density at radius 1 is 1.08 bits per heavy atom. The molecule has 122 valence electrons. The molecule has 1 amide bonds. The molecule has 24 heavy (non-hydrogen) atoms. The number of aryl methyl sites for hydroxylation is 1. The smallest absolute Gasteiger partial charge is 0.294 e. The molecule has 0 aromatic heterocycles. The van der Waals surface area contributed by atoms with E-state index in [4.69, 9.17) is 11.6 Å². The van der Waals surface area contributed by atoms with Crippen LogP contribution in [-0.2, 0) is 9.59 Å². The van der Waals surface area contributed by atoms with Gasteiger partial charge in [0.2, 0.25) is 0 Å². The maximum absolute atomic E-state index is 12.6. The molecule has 0 radical (unpaired) electrons. The van der Waals surface area contributed by atoms with Gasteiger partial charge in [-0.3, -0.25) is 14.5 Å². The molecular formula is C19H16ClNO3. The molecule has 1 aliphatic rings. The van der Waals surface area contributed by atoms with Crippen LogP contribution in [0.2, 0.25) is 5.02 Å². The molecule has 4 nitrogen and oxygen atoms in total. The van der Waals surface area contributed by atoms with Gasteiger partial charge in [-0.25, -0.2) is 0 Å². The van der Waals surface area contributed by atoms with E-state index in [1.54, 1.807) is 36.4 Å². The van der Waals surface area contributed by atoms with E-state index >= 15 is 0 Å². The normalized spacial score (nSPS) is 17.5. The molecule has 0 saturated carbocycles. The number of hydrogen-bond acceptors (Lipinski definition) is 3. The van der Waals surface area contributed by atoms with Crippen LogP contribution in [0.1, 0.15) is 24.1 Å². The largest absolute Gasteiger partial charge is 0.503 e. The van der Waals surface area contributed by atoms with Gasteiger partial charge in [0.15, 0.2) is 11.5 Å². The Labute approximate surface area is 145 Å². The molecule has 1 aliphatic heterocycles. The summed E-state index contributed by atoms with van der Waals surface area (Å²) < 4.78 is 0. The summed E-state index contributed by atoms with van der Waals surface area (Å²) in [5.41, 5.74) is 2.48. The fraction of sp³-hybridized carbons (Fsp3) is 0.158.